The van der Waals surface area contributed by atoms with Crippen LogP contribution in [-0.2, 0) is 0 Å². The Labute approximate surface area is 149 Å². The number of amides is 1. The topological polar surface area (TPSA) is 59.4 Å². The molecule has 0 spiro atoms. The van der Waals surface area contributed by atoms with Crippen LogP contribution in [0.2, 0.25) is 0 Å². The highest BCUT2D eigenvalue weighted by Gasteiger charge is 2.25. The molecule has 3 rings (SSSR count). The van der Waals surface area contributed by atoms with Crippen LogP contribution in [0.3, 0.4) is 0 Å². The predicted molar refractivity (Wildman–Crippen MR) is 100 cm³/mol. The Morgan fingerprint density at radius 1 is 1.16 bits per heavy atom. The van der Waals surface area contributed by atoms with E-state index in [-0.39, 0.29) is 18.6 Å². The number of nitrogens with zero attached hydrogens (tertiary/aromatic N) is 4. The smallest absolute Gasteiger partial charge is 0.253 e. The van der Waals surface area contributed by atoms with Gasteiger partial charge >= 0.3 is 0 Å². The number of carbonyl (C=O) groups is 1. The second-order valence-corrected chi connectivity index (χ2v) is 6.83. The van der Waals surface area contributed by atoms with Crippen LogP contribution in [0.25, 0.3) is 0 Å². The van der Waals surface area contributed by atoms with Gasteiger partial charge in [-0.15, -0.1) is 0 Å². The lowest BCUT2D eigenvalue weighted by Crippen LogP contribution is -2.52. The Hall–Kier alpha value is -1.92. The molecule has 136 valence electrons. The van der Waals surface area contributed by atoms with E-state index >= 15 is 0 Å². The van der Waals surface area contributed by atoms with Gasteiger partial charge in [0.05, 0.1) is 12.3 Å². The van der Waals surface area contributed by atoms with Crippen molar-refractivity contribution < 1.29 is 9.90 Å². The van der Waals surface area contributed by atoms with Gasteiger partial charge in [-0.1, -0.05) is 6.92 Å². The summed E-state index contributed by atoms with van der Waals surface area (Å²) in [7, 11) is 0. The summed E-state index contributed by atoms with van der Waals surface area (Å²) in [6.07, 6.45) is 1.93. The zero-order valence-electron chi connectivity index (χ0n) is 15.2. The molecule has 0 saturated carbocycles. The van der Waals surface area contributed by atoms with Gasteiger partial charge in [0.25, 0.3) is 5.91 Å². The van der Waals surface area contributed by atoms with Crippen molar-refractivity contribution in [3.63, 3.8) is 0 Å². The standard InChI is InChI=1S/C19H28N4O2/c1-3-17(14-24)21-10-12-22(13-11-21)19(25)16-4-6-18(7-5-16)23-9-8-15(2)20-23/h4-7,17,24H,3,8-14H2,1-2H3. The number of hydrogen-bond donors (Lipinski definition) is 1. The molecule has 1 atom stereocenters. The van der Waals surface area contributed by atoms with E-state index in [1.165, 1.54) is 0 Å². The van der Waals surface area contributed by atoms with Gasteiger partial charge in [-0.25, -0.2) is 0 Å². The van der Waals surface area contributed by atoms with E-state index in [1.807, 2.05) is 41.1 Å². The van der Waals surface area contributed by atoms with Crippen LogP contribution in [0.1, 0.15) is 37.0 Å². The molecule has 1 fully saturated rings. The number of piperazine rings is 1. The van der Waals surface area contributed by atoms with Crippen LogP contribution in [0.4, 0.5) is 5.69 Å². The third kappa shape index (κ3) is 4.02. The van der Waals surface area contributed by atoms with Gasteiger partial charge in [0.1, 0.15) is 0 Å². The molecule has 0 aromatic heterocycles. The number of hydrogen-bond acceptors (Lipinski definition) is 5. The Bertz CT molecular complexity index is 617. The Kier molecular flexibility index (Phi) is 5.71. The van der Waals surface area contributed by atoms with Gasteiger partial charge < -0.3 is 10.0 Å². The van der Waals surface area contributed by atoms with Crippen molar-refractivity contribution in [1.82, 2.24) is 9.80 Å². The third-order valence-electron chi connectivity index (χ3n) is 5.19. The molecule has 1 saturated heterocycles. The fourth-order valence-corrected chi connectivity index (χ4v) is 3.51. The summed E-state index contributed by atoms with van der Waals surface area (Å²) in [4.78, 5) is 16.9. The summed E-state index contributed by atoms with van der Waals surface area (Å²) in [5.74, 6) is 0.0874. The van der Waals surface area contributed by atoms with E-state index in [2.05, 4.69) is 16.9 Å². The van der Waals surface area contributed by atoms with Crippen molar-refractivity contribution >= 4 is 17.3 Å². The SMILES string of the molecule is CCC(CO)N1CCN(C(=O)c2ccc(N3CCC(C)=N3)cc2)CC1. The lowest BCUT2D eigenvalue weighted by Gasteiger charge is -2.38. The van der Waals surface area contributed by atoms with E-state index in [1.54, 1.807) is 0 Å². The van der Waals surface area contributed by atoms with Gasteiger partial charge in [0.15, 0.2) is 0 Å². The molecule has 25 heavy (non-hydrogen) atoms. The number of rotatable bonds is 5. The highest BCUT2D eigenvalue weighted by Crippen LogP contribution is 2.21. The number of aliphatic hydroxyl groups excluding tert-OH is 1. The van der Waals surface area contributed by atoms with Crippen molar-refractivity contribution in [3.05, 3.63) is 29.8 Å². The van der Waals surface area contributed by atoms with E-state index in [9.17, 15) is 9.90 Å². The molecular weight excluding hydrogens is 316 g/mol. The van der Waals surface area contributed by atoms with Crippen LogP contribution in [0.5, 0.6) is 0 Å². The van der Waals surface area contributed by atoms with E-state index in [0.29, 0.717) is 13.1 Å². The molecule has 1 N–H and O–H groups in total. The minimum Gasteiger partial charge on any atom is -0.395 e. The molecule has 2 aliphatic heterocycles. The minimum absolute atomic E-state index is 0.0874. The molecule has 1 amide bonds. The molecule has 0 bridgehead atoms. The summed E-state index contributed by atoms with van der Waals surface area (Å²) in [6.45, 7) is 8.30. The average molecular weight is 344 g/mol. The first-order chi connectivity index (χ1) is 12.1. The number of carbonyl (C=O) groups excluding carboxylic acids is 1. The fourth-order valence-electron chi connectivity index (χ4n) is 3.51. The Morgan fingerprint density at radius 3 is 2.36 bits per heavy atom. The molecule has 0 aliphatic carbocycles. The van der Waals surface area contributed by atoms with Crippen LogP contribution >= 0.6 is 0 Å². The normalized spacial score (nSPS) is 19.9. The lowest BCUT2D eigenvalue weighted by molar-refractivity contribution is 0.0472. The maximum absolute atomic E-state index is 12.7. The Balaban J connectivity index is 1.58. The van der Waals surface area contributed by atoms with Crippen molar-refractivity contribution in [3.8, 4) is 0 Å². The number of hydrazone groups is 1. The van der Waals surface area contributed by atoms with E-state index in [0.717, 1.165) is 49.4 Å². The lowest BCUT2D eigenvalue weighted by atomic mass is 10.1. The van der Waals surface area contributed by atoms with Crippen molar-refractivity contribution in [2.24, 2.45) is 5.10 Å². The zero-order valence-corrected chi connectivity index (χ0v) is 15.2. The first-order valence-corrected chi connectivity index (χ1v) is 9.18. The summed E-state index contributed by atoms with van der Waals surface area (Å²) in [6, 6.07) is 7.96. The van der Waals surface area contributed by atoms with Crippen molar-refractivity contribution in [2.45, 2.75) is 32.7 Å². The molecule has 1 aromatic carbocycles. The highest BCUT2D eigenvalue weighted by molar-refractivity contribution is 5.94. The highest BCUT2D eigenvalue weighted by atomic mass is 16.3. The molecule has 2 aliphatic rings. The van der Waals surface area contributed by atoms with Crippen molar-refractivity contribution in [1.29, 1.82) is 0 Å². The molecule has 1 aromatic rings. The molecule has 1 unspecified atom stereocenters. The monoisotopic (exact) mass is 344 g/mol. The van der Waals surface area contributed by atoms with Crippen LogP contribution in [0, 0.1) is 0 Å². The van der Waals surface area contributed by atoms with Crippen LogP contribution in [-0.4, -0.2) is 71.9 Å². The van der Waals surface area contributed by atoms with Crippen molar-refractivity contribution in [2.75, 3.05) is 44.3 Å². The molecule has 2 heterocycles. The van der Waals surface area contributed by atoms with Crippen LogP contribution in [0.15, 0.2) is 29.4 Å². The maximum atomic E-state index is 12.7. The van der Waals surface area contributed by atoms with Gasteiger partial charge in [-0.2, -0.15) is 5.10 Å². The summed E-state index contributed by atoms with van der Waals surface area (Å²) in [5, 5.41) is 15.9. The average Bonchev–Trinajstić information content (AvgIpc) is 3.09. The predicted octanol–water partition coefficient (Wildman–Crippen LogP) is 1.80. The molecule has 0 radical (unpaired) electrons. The van der Waals surface area contributed by atoms with E-state index < -0.39 is 0 Å². The fraction of sp³-hybridized carbons (Fsp3) is 0.579. The second kappa shape index (κ2) is 7.97. The molecule has 6 heteroatoms. The molecular formula is C19H28N4O2. The zero-order chi connectivity index (χ0) is 17.8. The second-order valence-electron chi connectivity index (χ2n) is 6.83. The van der Waals surface area contributed by atoms with Gasteiger partial charge in [0, 0.05) is 56.5 Å². The first-order valence-electron chi connectivity index (χ1n) is 9.18. The summed E-state index contributed by atoms with van der Waals surface area (Å²) in [5.41, 5.74) is 2.91. The van der Waals surface area contributed by atoms with Gasteiger partial charge in [-0.3, -0.25) is 14.7 Å². The summed E-state index contributed by atoms with van der Waals surface area (Å²) < 4.78 is 0. The number of benzene rings is 1. The number of aliphatic hydroxyl groups is 1. The largest absolute Gasteiger partial charge is 0.395 e. The summed E-state index contributed by atoms with van der Waals surface area (Å²) >= 11 is 0. The quantitative estimate of drug-likeness (QED) is 0.885. The molecule has 6 nitrogen and oxygen atoms in total. The van der Waals surface area contributed by atoms with E-state index in [4.69, 9.17) is 0 Å². The van der Waals surface area contributed by atoms with Gasteiger partial charge in [0.2, 0.25) is 0 Å². The number of anilines is 1. The maximum Gasteiger partial charge on any atom is 0.253 e. The minimum atomic E-state index is 0.0874. The van der Waals surface area contributed by atoms with Crippen LogP contribution < -0.4 is 5.01 Å². The first kappa shape index (κ1) is 17.9. The van der Waals surface area contributed by atoms with Gasteiger partial charge in [-0.05, 0) is 37.6 Å². The Morgan fingerprint density at radius 2 is 1.84 bits per heavy atom. The third-order valence-corrected chi connectivity index (χ3v) is 5.19.